The fourth-order valence-corrected chi connectivity index (χ4v) is 3.00. The van der Waals surface area contributed by atoms with Crippen LogP contribution in [0.2, 0.25) is 0 Å². The molecule has 0 aromatic carbocycles. The highest BCUT2D eigenvalue weighted by Crippen LogP contribution is 2.26. The number of rotatable bonds is 6. The molecule has 110 valence electrons. The zero-order valence-corrected chi connectivity index (χ0v) is 13.7. The summed E-state index contributed by atoms with van der Waals surface area (Å²) in [5, 5.41) is 9.03. The number of halogens is 1. The van der Waals surface area contributed by atoms with Crippen LogP contribution in [-0.2, 0) is 26.4 Å². The Hall–Kier alpha value is -1.18. The fourth-order valence-electron chi connectivity index (χ4n) is 2.27. The van der Waals surface area contributed by atoms with Gasteiger partial charge in [-0.05, 0) is 35.3 Å². The summed E-state index contributed by atoms with van der Waals surface area (Å²) < 4.78 is 4.89. The second-order valence-electron chi connectivity index (χ2n) is 4.71. The Morgan fingerprint density at radius 2 is 2.15 bits per heavy atom. The van der Waals surface area contributed by atoms with E-state index in [4.69, 9.17) is 5.84 Å². The first-order chi connectivity index (χ1) is 9.60. The van der Waals surface area contributed by atoms with E-state index in [1.165, 1.54) is 0 Å². The molecule has 0 saturated carbocycles. The van der Waals surface area contributed by atoms with Crippen LogP contribution < -0.4 is 11.3 Å². The monoisotopic (exact) mass is 340 g/mol. The number of hydrogen-bond acceptors (Lipinski definition) is 4. The fraction of sp³-hybridized carbons (Fsp3) is 0.538. The summed E-state index contributed by atoms with van der Waals surface area (Å²) in [6.07, 6.45) is 3.57. The van der Waals surface area contributed by atoms with E-state index in [0.29, 0.717) is 0 Å². The van der Waals surface area contributed by atoms with Crippen molar-refractivity contribution in [2.75, 3.05) is 0 Å². The number of hydrogen-bond donors (Lipinski definition) is 2. The van der Waals surface area contributed by atoms with Crippen molar-refractivity contribution in [1.29, 1.82) is 0 Å². The Balaban J connectivity index is 2.29. The number of aromatic nitrogens is 4. The molecule has 6 nitrogen and oxygen atoms in total. The van der Waals surface area contributed by atoms with Gasteiger partial charge in [0.15, 0.2) is 0 Å². The molecule has 0 aliphatic carbocycles. The van der Waals surface area contributed by atoms with Gasteiger partial charge >= 0.3 is 0 Å². The predicted molar refractivity (Wildman–Crippen MR) is 82.0 cm³/mol. The van der Waals surface area contributed by atoms with Crippen LogP contribution in [0.15, 0.2) is 16.7 Å². The van der Waals surface area contributed by atoms with E-state index in [9.17, 15) is 0 Å². The number of nitrogens with two attached hydrogens (primary N) is 1. The highest BCUT2D eigenvalue weighted by Gasteiger charge is 2.20. The number of hydrazine groups is 1. The predicted octanol–water partition coefficient (Wildman–Crippen LogP) is 1.71. The van der Waals surface area contributed by atoms with Crippen LogP contribution in [0.4, 0.5) is 0 Å². The van der Waals surface area contributed by atoms with Crippen LogP contribution in [0.3, 0.4) is 0 Å². The van der Waals surface area contributed by atoms with E-state index in [1.807, 2.05) is 24.0 Å². The van der Waals surface area contributed by atoms with Crippen molar-refractivity contribution < 1.29 is 0 Å². The Kier molecular flexibility index (Phi) is 4.95. The van der Waals surface area contributed by atoms with Crippen LogP contribution in [0.5, 0.6) is 0 Å². The molecule has 3 N–H and O–H groups in total. The van der Waals surface area contributed by atoms with Crippen molar-refractivity contribution in [3.8, 4) is 0 Å². The minimum absolute atomic E-state index is 0.0285. The van der Waals surface area contributed by atoms with Gasteiger partial charge in [-0.3, -0.25) is 20.6 Å². The molecule has 0 amide bonds. The number of nitrogens with zero attached hydrogens (tertiary/aromatic N) is 4. The van der Waals surface area contributed by atoms with Crippen LogP contribution in [0.25, 0.3) is 0 Å². The van der Waals surface area contributed by atoms with Gasteiger partial charge in [0.2, 0.25) is 0 Å². The summed E-state index contributed by atoms with van der Waals surface area (Å²) in [7, 11) is 1.90. The van der Waals surface area contributed by atoms with E-state index >= 15 is 0 Å². The SMILES string of the molecule is CCc1nn(CC)c(CC(NN)c2ccn(C)n2)c1Br. The van der Waals surface area contributed by atoms with Gasteiger partial charge in [-0.25, -0.2) is 0 Å². The first kappa shape index (κ1) is 15.2. The van der Waals surface area contributed by atoms with Crippen molar-refractivity contribution in [3.05, 3.63) is 33.8 Å². The normalized spacial score (nSPS) is 12.8. The molecule has 0 bridgehead atoms. The Morgan fingerprint density at radius 3 is 2.65 bits per heavy atom. The van der Waals surface area contributed by atoms with Crippen LogP contribution >= 0.6 is 15.9 Å². The van der Waals surface area contributed by atoms with Gasteiger partial charge in [-0.1, -0.05) is 6.92 Å². The highest BCUT2D eigenvalue weighted by molar-refractivity contribution is 9.10. The molecule has 2 heterocycles. The van der Waals surface area contributed by atoms with Crippen LogP contribution in [0.1, 0.15) is 37.0 Å². The third-order valence-corrected chi connectivity index (χ3v) is 4.30. The Labute approximate surface area is 127 Å². The lowest BCUT2D eigenvalue weighted by atomic mass is 10.1. The third-order valence-electron chi connectivity index (χ3n) is 3.38. The lowest BCUT2D eigenvalue weighted by molar-refractivity contribution is 0.500. The summed E-state index contributed by atoms with van der Waals surface area (Å²) in [5.74, 6) is 5.70. The first-order valence-electron chi connectivity index (χ1n) is 6.80. The average Bonchev–Trinajstić information content (AvgIpc) is 3.00. The van der Waals surface area contributed by atoms with E-state index in [1.54, 1.807) is 4.68 Å². The molecule has 0 aliphatic rings. The summed E-state index contributed by atoms with van der Waals surface area (Å²) in [6, 6.07) is 1.95. The molecular formula is C13H21BrN6. The topological polar surface area (TPSA) is 73.7 Å². The van der Waals surface area contributed by atoms with Crippen LogP contribution in [0, 0.1) is 0 Å². The zero-order chi connectivity index (χ0) is 14.7. The van der Waals surface area contributed by atoms with Crippen molar-refractivity contribution in [2.45, 2.75) is 39.3 Å². The first-order valence-corrected chi connectivity index (χ1v) is 7.59. The summed E-state index contributed by atoms with van der Waals surface area (Å²) in [5.41, 5.74) is 6.02. The standard InChI is InChI=1S/C13H21BrN6/c1-4-9-13(14)12(20(5-2)18-9)8-11(16-15)10-6-7-19(3)17-10/h6-7,11,16H,4-5,8,15H2,1-3H3. The molecule has 0 radical (unpaired) electrons. The zero-order valence-electron chi connectivity index (χ0n) is 12.1. The third kappa shape index (κ3) is 2.94. The lowest BCUT2D eigenvalue weighted by Gasteiger charge is -2.14. The van der Waals surface area contributed by atoms with Gasteiger partial charge < -0.3 is 0 Å². The van der Waals surface area contributed by atoms with Gasteiger partial charge in [0, 0.05) is 26.2 Å². The summed E-state index contributed by atoms with van der Waals surface area (Å²) >= 11 is 3.66. The molecule has 7 heteroatoms. The largest absolute Gasteiger partial charge is 0.275 e. The summed E-state index contributed by atoms with van der Waals surface area (Å²) in [4.78, 5) is 0. The molecule has 2 rings (SSSR count). The molecule has 0 aliphatic heterocycles. The molecular weight excluding hydrogens is 320 g/mol. The lowest BCUT2D eigenvalue weighted by Crippen LogP contribution is -2.30. The maximum atomic E-state index is 5.70. The quantitative estimate of drug-likeness (QED) is 0.620. The Morgan fingerprint density at radius 1 is 1.40 bits per heavy atom. The molecule has 1 unspecified atom stereocenters. The highest BCUT2D eigenvalue weighted by atomic mass is 79.9. The van der Waals surface area contributed by atoms with E-state index in [2.05, 4.69) is 45.4 Å². The van der Waals surface area contributed by atoms with Gasteiger partial charge in [0.1, 0.15) is 0 Å². The Bertz CT molecular complexity index is 573. The second-order valence-corrected chi connectivity index (χ2v) is 5.51. The van der Waals surface area contributed by atoms with Crippen molar-refractivity contribution in [1.82, 2.24) is 25.0 Å². The summed E-state index contributed by atoms with van der Waals surface area (Å²) in [6.45, 7) is 5.04. The van der Waals surface area contributed by atoms with Gasteiger partial charge in [0.25, 0.3) is 0 Å². The molecule has 1 atom stereocenters. The molecule has 0 spiro atoms. The van der Waals surface area contributed by atoms with E-state index in [0.717, 1.165) is 40.9 Å². The van der Waals surface area contributed by atoms with Gasteiger partial charge in [-0.15, -0.1) is 0 Å². The van der Waals surface area contributed by atoms with Gasteiger partial charge in [-0.2, -0.15) is 10.2 Å². The maximum Gasteiger partial charge on any atom is 0.0811 e. The van der Waals surface area contributed by atoms with Crippen molar-refractivity contribution >= 4 is 15.9 Å². The van der Waals surface area contributed by atoms with Crippen molar-refractivity contribution in [2.24, 2.45) is 12.9 Å². The molecule has 2 aromatic heterocycles. The van der Waals surface area contributed by atoms with Gasteiger partial charge in [0.05, 0.1) is 27.6 Å². The maximum absolute atomic E-state index is 5.70. The molecule has 0 saturated heterocycles. The van der Waals surface area contributed by atoms with E-state index in [-0.39, 0.29) is 6.04 Å². The minimum Gasteiger partial charge on any atom is -0.275 e. The smallest absolute Gasteiger partial charge is 0.0811 e. The number of nitrogens with one attached hydrogen (secondary N) is 1. The van der Waals surface area contributed by atoms with E-state index < -0.39 is 0 Å². The molecule has 20 heavy (non-hydrogen) atoms. The van der Waals surface area contributed by atoms with Crippen LogP contribution in [-0.4, -0.2) is 19.6 Å². The average molecular weight is 341 g/mol. The second kappa shape index (κ2) is 6.51. The molecule has 0 fully saturated rings. The van der Waals surface area contributed by atoms with Crippen molar-refractivity contribution in [3.63, 3.8) is 0 Å². The minimum atomic E-state index is -0.0285. The number of aryl methyl sites for hydroxylation is 3. The molecule has 2 aromatic rings.